The third-order valence-electron chi connectivity index (χ3n) is 3.24. The highest BCUT2D eigenvalue weighted by molar-refractivity contribution is 5.39. The molecule has 3 nitrogen and oxygen atoms in total. The summed E-state index contributed by atoms with van der Waals surface area (Å²) >= 11 is 0. The molecule has 1 heterocycles. The third-order valence-corrected chi connectivity index (χ3v) is 3.24. The maximum absolute atomic E-state index is 6.03. The Hall–Kier alpha value is -1.06. The number of aryl methyl sites for hydroxylation is 1. The van der Waals surface area contributed by atoms with Crippen LogP contribution in [0.5, 0.6) is 5.75 Å². The second-order valence-electron chi connectivity index (χ2n) is 4.91. The van der Waals surface area contributed by atoms with Gasteiger partial charge in [0.2, 0.25) is 0 Å². The fraction of sp³-hybridized carbons (Fsp3) is 0.600. The van der Waals surface area contributed by atoms with Gasteiger partial charge < -0.3 is 15.2 Å². The molecule has 0 aromatic heterocycles. The summed E-state index contributed by atoms with van der Waals surface area (Å²) in [6.07, 6.45) is 4.08. The van der Waals surface area contributed by atoms with E-state index in [0.29, 0.717) is 6.61 Å². The molecule has 0 amide bonds. The maximum Gasteiger partial charge on any atom is 0.122 e. The van der Waals surface area contributed by atoms with Crippen molar-refractivity contribution in [2.75, 3.05) is 19.8 Å². The molecular weight excluding hydrogens is 226 g/mol. The first-order chi connectivity index (χ1) is 8.79. The van der Waals surface area contributed by atoms with Crippen molar-refractivity contribution >= 4 is 0 Å². The molecule has 100 valence electrons. The lowest BCUT2D eigenvalue weighted by Crippen LogP contribution is -2.27. The van der Waals surface area contributed by atoms with Gasteiger partial charge in [0.25, 0.3) is 0 Å². The van der Waals surface area contributed by atoms with Gasteiger partial charge in [-0.25, -0.2) is 0 Å². The van der Waals surface area contributed by atoms with Gasteiger partial charge in [-0.1, -0.05) is 19.1 Å². The molecule has 1 unspecified atom stereocenters. The number of fused-ring (bicyclic) bond motifs is 1. The standard InChI is InChI=1S/C15H23NO2/c1-2-8-17-11-14(16)5-3-12-4-6-15-13(10-12)7-9-18-15/h4,6,10,14H,2-3,5,7-9,11,16H2,1H3. The number of ether oxygens (including phenoxy) is 2. The molecule has 1 atom stereocenters. The summed E-state index contributed by atoms with van der Waals surface area (Å²) in [6, 6.07) is 6.61. The fourth-order valence-electron chi connectivity index (χ4n) is 2.21. The quantitative estimate of drug-likeness (QED) is 0.754. The van der Waals surface area contributed by atoms with Gasteiger partial charge >= 0.3 is 0 Å². The second-order valence-corrected chi connectivity index (χ2v) is 4.91. The smallest absolute Gasteiger partial charge is 0.122 e. The van der Waals surface area contributed by atoms with E-state index in [1.165, 1.54) is 11.1 Å². The van der Waals surface area contributed by atoms with Crippen LogP contribution in [0.15, 0.2) is 18.2 Å². The van der Waals surface area contributed by atoms with Crippen molar-refractivity contribution in [3.63, 3.8) is 0 Å². The highest BCUT2D eigenvalue weighted by Gasteiger charge is 2.12. The summed E-state index contributed by atoms with van der Waals surface area (Å²) in [6.45, 7) is 4.41. The van der Waals surface area contributed by atoms with Crippen molar-refractivity contribution in [1.82, 2.24) is 0 Å². The molecule has 0 spiro atoms. The van der Waals surface area contributed by atoms with Crippen LogP contribution in [0.25, 0.3) is 0 Å². The Labute approximate surface area is 109 Å². The average Bonchev–Trinajstić information content (AvgIpc) is 2.84. The maximum atomic E-state index is 6.03. The van der Waals surface area contributed by atoms with E-state index in [-0.39, 0.29) is 6.04 Å². The first kappa shape index (κ1) is 13.4. The first-order valence-electron chi connectivity index (χ1n) is 6.87. The molecule has 0 fully saturated rings. The molecule has 3 heteroatoms. The van der Waals surface area contributed by atoms with Crippen LogP contribution in [0.2, 0.25) is 0 Å². The molecule has 1 aliphatic heterocycles. The van der Waals surface area contributed by atoms with Crippen molar-refractivity contribution in [3.05, 3.63) is 29.3 Å². The third kappa shape index (κ3) is 3.72. The van der Waals surface area contributed by atoms with Gasteiger partial charge in [0, 0.05) is 19.1 Å². The highest BCUT2D eigenvalue weighted by atomic mass is 16.5. The summed E-state index contributed by atoms with van der Waals surface area (Å²) in [5, 5.41) is 0. The molecular formula is C15H23NO2. The Bertz CT molecular complexity index is 379. The summed E-state index contributed by atoms with van der Waals surface area (Å²) in [7, 11) is 0. The number of hydrogen-bond acceptors (Lipinski definition) is 3. The zero-order valence-corrected chi connectivity index (χ0v) is 11.2. The number of rotatable bonds is 7. The van der Waals surface area contributed by atoms with Gasteiger partial charge in [0.05, 0.1) is 13.2 Å². The highest BCUT2D eigenvalue weighted by Crippen LogP contribution is 2.26. The van der Waals surface area contributed by atoms with Gasteiger partial charge in [-0.15, -0.1) is 0 Å². The van der Waals surface area contributed by atoms with Gasteiger partial charge in [-0.3, -0.25) is 0 Å². The van der Waals surface area contributed by atoms with Gasteiger partial charge in [-0.05, 0) is 36.5 Å². The van der Waals surface area contributed by atoms with Crippen molar-refractivity contribution < 1.29 is 9.47 Å². The average molecular weight is 249 g/mol. The van der Waals surface area contributed by atoms with Gasteiger partial charge in [-0.2, -0.15) is 0 Å². The molecule has 1 aliphatic rings. The van der Waals surface area contributed by atoms with E-state index in [1.807, 2.05) is 0 Å². The lowest BCUT2D eigenvalue weighted by atomic mass is 10.0. The van der Waals surface area contributed by atoms with Crippen molar-refractivity contribution in [1.29, 1.82) is 0 Å². The van der Waals surface area contributed by atoms with E-state index in [4.69, 9.17) is 15.2 Å². The van der Waals surface area contributed by atoms with Crippen molar-refractivity contribution in [2.45, 2.75) is 38.6 Å². The fourth-order valence-corrected chi connectivity index (χ4v) is 2.21. The monoisotopic (exact) mass is 249 g/mol. The number of hydrogen-bond donors (Lipinski definition) is 1. The molecule has 18 heavy (non-hydrogen) atoms. The normalized spacial score (nSPS) is 15.2. The van der Waals surface area contributed by atoms with Crippen LogP contribution in [-0.2, 0) is 17.6 Å². The topological polar surface area (TPSA) is 44.5 Å². The molecule has 0 aliphatic carbocycles. The van der Waals surface area contributed by atoms with E-state index < -0.39 is 0 Å². The van der Waals surface area contributed by atoms with Crippen LogP contribution < -0.4 is 10.5 Å². The second kappa shape index (κ2) is 6.76. The largest absolute Gasteiger partial charge is 0.493 e. The Kier molecular flexibility index (Phi) is 5.02. The Morgan fingerprint density at radius 1 is 1.44 bits per heavy atom. The van der Waals surface area contributed by atoms with E-state index >= 15 is 0 Å². The summed E-state index contributed by atoms with van der Waals surface area (Å²) in [5.41, 5.74) is 8.71. The minimum absolute atomic E-state index is 0.140. The Balaban J connectivity index is 1.76. The Morgan fingerprint density at radius 3 is 3.17 bits per heavy atom. The van der Waals surface area contributed by atoms with Crippen molar-refractivity contribution in [2.24, 2.45) is 5.73 Å². The molecule has 2 N–H and O–H groups in total. The number of nitrogens with two attached hydrogens (primary N) is 1. The van der Waals surface area contributed by atoms with Crippen LogP contribution in [0.4, 0.5) is 0 Å². The molecule has 1 aromatic rings. The zero-order valence-electron chi connectivity index (χ0n) is 11.2. The molecule has 0 bridgehead atoms. The first-order valence-corrected chi connectivity index (χ1v) is 6.87. The SMILES string of the molecule is CCCOCC(N)CCc1ccc2c(c1)CCO2. The molecule has 0 saturated carbocycles. The lowest BCUT2D eigenvalue weighted by Gasteiger charge is -2.12. The van der Waals surface area contributed by atoms with Crippen LogP contribution >= 0.6 is 0 Å². The summed E-state index contributed by atoms with van der Waals surface area (Å²) in [4.78, 5) is 0. The van der Waals surface area contributed by atoms with Crippen molar-refractivity contribution in [3.8, 4) is 5.75 Å². The van der Waals surface area contributed by atoms with Gasteiger partial charge in [0.15, 0.2) is 0 Å². The van der Waals surface area contributed by atoms with E-state index in [2.05, 4.69) is 25.1 Å². The predicted molar refractivity (Wildman–Crippen MR) is 73.0 cm³/mol. The minimum Gasteiger partial charge on any atom is -0.493 e. The van der Waals surface area contributed by atoms with E-state index in [0.717, 1.165) is 44.6 Å². The van der Waals surface area contributed by atoms with Crippen LogP contribution in [0.3, 0.4) is 0 Å². The Morgan fingerprint density at radius 2 is 2.33 bits per heavy atom. The van der Waals surface area contributed by atoms with Crippen LogP contribution in [0, 0.1) is 0 Å². The van der Waals surface area contributed by atoms with Gasteiger partial charge in [0.1, 0.15) is 5.75 Å². The summed E-state index contributed by atoms with van der Waals surface area (Å²) < 4.78 is 11.0. The van der Waals surface area contributed by atoms with Crippen LogP contribution in [0.1, 0.15) is 30.9 Å². The molecule has 0 saturated heterocycles. The van der Waals surface area contributed by atoms with Crippen LogP contribution in [-0.4, -0.2) is 25.9 Å². The predicted octanol–water partition coefficient (Wildman–Crippen LogP) is 2.31. The molecule has 1 aromatic carbocycles. The van der Waals surface area contributed by atoms with E-state index in [1.54, 1.807) is 0 Å². The lowest BCUT2D eigenvalue weighted by molar-refractivity contribution is 0.119. The zero-order chi connectivity index (χ0) is 12.8. The summed E-state index contributed by atoms with van der Waals surface area (Å²) in [5.74, 6) is 1.05. The minimum atomic E-state index is 0.140. The molecule has 2 rings (SSSR count). The van der Waals surface area contributed by atoms with E-state index in [9.17, 15) is 0 Å². The molecule has 0 radical (unpaired) electrons. The number of benzene rings is 1.